The molecule has 0 aliphatic heterocycles. The van der Waals surface area contributed by atoms with Crippen LogP contribution in [0, 0.1) is 23.2 Å². The van der Waals surface area contributed by atoms with Crippen molar-refractivity contribution in [2.24, 2.45) is 23.2 Å². The lowest BCUT2D eigenvalue weighted by Gasteiger charge is -2.56. The lowest BCUT2D eigenvalue weighted by atomic mass is 9.49. The number of carbonyl (C=O) groups excluding carboxylic acids is 1. The number of tetrazole rings is 1. The molecule has 4 bridgehead atoms. The highest BCUT2D eigenvalue weighted by Gasteiger charge is 2.50. The lowest BCUT2D eigenvalue weighted by Crippen LogP contribution is -2.51. The Balaban J connectivity index is 1.11. The first kappa shape index (κ1) is 20.7. The molecule has 178 valence electrons. The normalized spacial score (nSPS) is 26.9. The summed E-state index contributed by atoms with van der Waals surface area (Å²) in [5, 5.41) is 15.4. The van der Waals surface area contributed by atoms with E-state index in [1.807, 2.05) is 40.9 Å². The Hall–Kier alpha value is -3.62. The van der Waals surface area contributed by atoms with Gasteiger partial charge in [0, 0.05) is 30.7 Å². The zero-order chi connectivity index (χ0) is 23.4. The van der Waals surface area contributed by atoms with Crippen LogP contribution in [-0.2, 0) is 6.54 Å². The van der Waals surface area contributed by atoms with Crippen LogP contribution < -0.4 is 5.32 Å². The van der Waals surface area contributed by atoms with Crippen molar-refractivity contribution >= 4 is 11.6 Å². The first-order chi connectivity index (χ1) is 17.1. The van der Waals surface area contributed by atoms with Crippen LogP contribution in [0.3, 0.4) is 0 Å². The lowest BCUT2D eigenvalue weighted by molar-refractivity contribution is -0.0503. The van der Waals surface area contributed by atoms with E-state index >= 15 is 0 Å². The molecule has 4 heterocycles. The van der Waals surface area contributed by atoms with E-state index in [4.69, 9.17) is 4.98 Å². The van der Waals surface area contributed by atoms with Crippen LogP contribution in [0.4, 0.5) is 0 Å². The SMILES string of the molecule is O=C(NCC12CC3CC(CC(C3)C1)C2)c1cccc2nc(Cn3nnnc3-c3ccncc3)cn12. The number of nitrogens with one attached hydrogen (secondary N) is 1. The molecule has 0 spiro atoms. The van der Waals surface area contributed by atoms with Gasteiger partial charge in [0.2, 0.25) is 0 Å². The summed E-state index contributed by atoms with van der Waals surface area (Å²) in [6, 6.07) is 9.43. The van der Waals surface area contributed by atoms with Crippen LogP contribution in [0.1, 0.15) is 54.7 Å². The molecule has 4 aromatic rings. The number of carbonyl (C=O) groups is 1. The number of imidazole rings is 1. The van der Waals surface area contributed by atoms with E-state index in [9.17, 15) is 4.79 Å². The molecule has 1 N–H and O–H groups in total. The number of hydrogen-bond donors (Lipinski definition) is 1. The largest absolute Gasteiger partial charge is 0.350 e. The van der Waals surface area contributed by atoms with Crippen molar-refractivity contribution in [3.8, 4) is 11.4 Å². The predicted octanol–water partition coefficient (Wildman–Crippen LogP) is 3.38. The van der Waals surface area contributed by atoms with Gasteiger partial charge in [-0.3, -0.25) is 14.2 Å². The van der Waals surface area contributed by atoms with Gasteiger partial charge >= 0.3 is 0 Å². The predicted molar refractivity (Wildman–Crippen MR) is 128 cm³/mol. The Morgan fingerprint density at radius 2 is 1.77 bits per heavy atom. The minimum absolute atomic E-state index is 0.0322. The van der Waals surface area contributed by atoms with E-state index in [1.54, 1.807) is 17.1 Å². The van der Waals surface area contributed by atoms with Gasteiger partial charge in [-0.05, 0) is 96.4 Å². The van der Waals surface area contributed by atoms with E-state index in [0.717, 1.165) is 41.2 Å². The maximum Gasteiger partial charge on any atom is 0.268 e. The van der Waals surface area contributed by atoms with E-state index < -0.39 is 0 Å². The minimum Gasteiger partial charge on any atom is -0.350 e. The Morgan fingerprint density at radius 3 is 2.51 bits per heavy atom. The highest BCUT2D eigenvalue weighted by molar-refractivity contribution is 5.93. The number of hydrogen-bond acceptors (Lipinski definition) is 6. The Morgan fingerprint density at radius 1 is 1.03 bits per heavy atom. The van der Waals surface area contributed by atoms with Crippen LogP contribution in [0.2, 0.25) is 0 Å². The molecule has 1 amide bonds. The van der Waals surface area contributed by atoms with Crippen molar-refractivity contribution < 1.29 is 4.79 Å². The van der Waals surface area contributed by atoms with E-state index in [-0.39, 0.29) is 5.91 Å². The fraction of sp³-hybridized carbons (Fsp3) is 0.462. The molecule has 0 aromatic carbocycles. The summed E-state index contributed by atoms with van der Waals surface area (Å²) in [5.74, 6) is 3.25. The van der Waals surface area contributed by atoms with Crippen molar-refractivity contribution in [3.63, 3.8) is 0 Å². The van der Waals surface area contributed by atoms with Crippen molar-refractivity contribution in [1.82, 2.24) is 39.9 Å². The molecule has 4 saturated carbocycles. The number of nitrogens with zero attached hydrogens (tertiary/aromatic N) is 7. The zero-order valence-electron chi connectivity index (χ0n) is 19.5. The molecule has 0 unspecified atom stereocenters. The first-order valence-electron chi connectivity index (χ1n) is 12.6. The van der Waals surface area contributed by atoms with Crippen LogP contribution >= 0.6 is 0 Å². The summed E-state index contributed by atoms with van der Waals surface area (Å²) >= 11 is 0. The molecule has 4 fully saturated rings. The van der Waals surface area contributed by atoms with Crippen LogP contribution in [0.25, 0.3) is 17.0 Å². The van der Waals surface area contributed by atoms with Gasteiger partial charge in [-0.25, -0.2) is 9.67 Å². The van der Waals surface area contributed by atoms with Crippen LogP contribution in [-0.4, -0.2) is 47.0 Å². The fourth-order valence-corrected chi connectivity index (χ4v) is 7.36. The van der Waals surface area contributed by atoms with Crippen molar-refractivity contribution in [2.75, 3.05) is 6.54 Å². The molecule has 4 aliphatic carbocycles. The summed E-state index contributed by atoms with van der Waals surface area (Å²) in [4.78, 5) is 22.1. The Labute approximate surface area is 203 Å². The summed E-state index contributed by atoms with van der Waals surface area (Å²) in [7, 11) is 0. The average Bonchev–Trinajstić information content (AvgIpc) is 3.49. The smallest absolute Gasteiger partial charge is 0.268 e. The van der Waals surface area contributed by atoms with Gasteiger partial charge in [-0.15, -0.1) is 5.10 Å². The summed E-state index contributed by atoms with van der Waals surface area (Å²) < 4.78 is 3.59. The zero-order valence-corrected chi connectivity index (χ0v) is 19.5. The Bertz CT molecular complexity index is 1360. The number of amides is 1. The highest BCUT2D eigenvalue weighted by Crippen LogP contribution is 2.59. The third kappa shape index (κ3) is 3.69. The van der Waals surface area contributed by atoms with Gasteiger partial charge in [0.25, 0.3) is 5.91 Å². The molecule has 8 rings (SSSR count). The van der Waals surface area contributed by atoms with Gasteiger partial charge in [0.1, 0.15) is 11.3 Å². The fourth-order valence-electron chi connectivity index (χ4n) is 7.36. The number of aromatic nitrogens is 7. The molecular weight excluding hydrogens is 440 g/mol. The third-order valence-corrected chi connectivity index (χ3v) is 8.35. The highest BCUT2D eigenvalue weighted by atomic mass is 16.1. The number of rotatable bonds is 6. The number of fused-ring (bicyclic) bond motifs is 1. The van der Waals surface area contributed by atoms with Gasteiger partial charge < -0.3 is 5.32 Å². The van der Waals surface area contributed by atoms with Gasteiger partial charge in [-0.1, -0.05) is 6.07 Å². The van der Waals surface area contributed by atoms with Crippen molar-refractivity contribution in [1.29, 1.82) is 0 Å². The van der Waals surface area contributed by atoms with E-state index in [0.29, 0.717) is 23.5 Å². The molecule has 35 heavy (non-hydrogen) atoms. The van der Waals surface area contributed by atoms with Crippen molar-refractivity contribution in [2.45, 2.75) is 45.1 Å². The maximum absolute atomic E-state index is 13.3. The minimum atomic E-state index is -0.0322. The number of pyridine rings is 2. The quantitative estimate of drug-likeness (QED) is 0.465. The maximum atomic E-state index is 13.3. The van der Waals surface area contributed by atoms with E-state index in [2.05, 4.69) is 25.8 Å². The average molecular weight is 469 g/mol. The first-order valence-corrected chi connectivity index (χ1v) is 12.6. The molecule has 9 heteroatoms. The summed E-state index contributed by atoms with van der Waals surface area (Å²) in [6.07, 6.45) is 13.4. The van der Waals surface area contributed by atoms with Crippen LogP contribution in [0.5, 0.6) is 0 Å². The topological polar surface area (TPSA) is 103 Å². The molecule has 4 aliphatic rings. The monoisotopic (exact) mass is 468 g/mol. The third-order valence-electron chi connectivity index (χ3n) is 8.35. The summed E-state index contributed by atoms with van der Waals surface area (Å²) in [6.45, 7) is 1.19. The summed E-state index contributed by atoms with van der Waals surface area (Å²) in [5.41, 5.74) is 3.33. The molecule has 9 nitrogen and oxygen atoms in total. The molecule has 4 aromatic heterocycles. The second-order valence-corrected chi connectivity index (χ2v) is 10.9. The van der Waals surface area contributed by atoms with E-state index in [1.165, 1.54) is 38.5 Å². The van der Waals surface area contributed by atoms with Gasteiger partial charge in [0.05, 0.1) is 12.2 Å². The van der Waals surface area contributed by atoms with Crippen LogP contribution in [0.15, 0.2) is 48.9 Å². The molecular formula is C26H28N8O. The molecule has 0 atom stereocenters. The standard InChI is InChI=1S/C26H28N8O/c35-25(28-16-26-11-17-8-18(12-26)10-19(9-17)13-26)22-2-1-3-23-29-21(14-33(22)23)15-34-24(30-31-32-34)20-4-6-27-7-5-20/h1-7,14,17-19H,8-13,15-16H2,(H,28,35). The second-order valence-electron chi connectivity index (χ2n) is 10.9. The molecule has 0 saturated heterocycles. The molecule has 0 radical (unpaired) electrons. The Kier molecular flexibility index (Phi) is 4.72. The van der Waals surface area contributed by atoms with Gasteiger partial charge in [0.15, 0.2) is 5.82 Å². The van der Waals surface area contributed by atoms with Crippen molar-refractivity contribution in [3.05, 3.63) is 60.3 Å². The second kappa shape index (κ2) is 7.96. The van der Waals surface area contributed by atoms with Gasteiger partial charge in [-0.2, -0.15) is 0 Å².